The molecule has 21 heavy (non-hydrogen) atoms. The van der Waals surface area contributed by atoms with Gasteiger partial charge in [0.05, 0.1) is 0 Å². The normalized spacial score (nSPS) is 26.4. The fourth-order valence-corrected chi connectivity index (χ4v) is 3.93. The van der Waals surface area contributed by atoms with Crippen LogP contribution in [0, 0.1) is 11.3 Å². The highest BCUT2D eigenvalue weighted by Crippen LogP contribution is 2.71. The van der Waals surface area contributed by atoms with Crippen molar-refractivity contribution in [3.05, 3.63) is 72.4 Å². The Kier molecular flexibility index (Phi) is 3.62. The molecule has 1 spiro atoms. The lowest BCUT2D eigenvalue weighted by Crippen LogP contribution is -2.34. The number of hydrogen-bond donors (Lipinski definition) is 1. The summed E-state index contributed by atoms with van der Waals surface area (Å²) in [5, 5.41) is 11.6. The van der Waals surface area contributed by atoms with Crippen molar-refractivity contribution in [2.45, 2.75) is 38.2 Å². The SMILES string of the molecule is C=C/C(=C\C=C/C)C(O)(c1ccccc1)C1CC12CCC2. The Morgan fingerprint density at radius 1 is 1.33 bits per heavy atom. The fraction of sp³-hybridized carbons (Fsp3) is 0.400. The molecule has 3 rings (SSSR count). The molecule has 1 aromatic carbocycles. The van der Waals surface area contributed by atoms with Crippen LogP contribution in [-0.4, -0.2) is 5.11 Å². The van der Waals surface area contributed by atoms with E-state index in [2.05, 4.69) is 6.58 Å². The summed E-state index contributed by atoms with van der Waals surface area (Å²) in [5.41, 5.74) is 1.40. The van der Waals surface area contributed by atoms with Crippen LogP contribution >= 0.6 is 0 Å². The van der Waals surface area contributed by atoms with Crippen molar-refractivity contribution >= 4 is 0 Å². The van der Waals surface area contributed by atoms with Crippen molar-refractivity contribution in [3.8, 4) is 0 Å². The molecule has 0 amide bonds. The third-order valence-corrected chi connectivity index (χ3v) is 5.39. The predicted octanol–water partition coefficient (Wildman–Crippen LogP) is 4.75. The molecule has 2 aliphatic carbocycles. The van der Waals surface area contributed by atoms with E-state index >= 15 is 0 Å². The van der Waals surface area contributed by atoms with Crippen LogP contribution in [0.25, 0.3) is 0 Å². The first kappa shape index (κ1) is 14.3. The Morgan fingerprint density at radius 2 is 2.05 bits per heavy atom. The molecule has 0 saturated heterocycles. The average Bonchev–Trinajstić information content (AvgIpc) is 3.25. The quantitative estimate of drug-likeness (QED) is 0.771. The van der Waals surface area contributed by atoms with Crippen molar-refractivity contribution in [1.29, 1.82) is 0 Å². The second-order valence-corrected chi connectivity index (χ2v) is 6.46. The van der Waals surface area contributed by atoms with Gasteiger partial charge >= 0.3 is 0 Å². The average molecular weight is 280 g/mol. The Hall–Kier alpha value is -1.60. The van der Waals surface area contributed by atoms with Gasteiger partial charge < -0.3 is 5.11 Å². The first-order valence-corrected chi connectivity index (χ1v) is 7.91. The second-order valence-electron chi connectivity index (χ2n) is 6.46. The Bertz CT molecular complexity index is 577. The van der Waals surface area contributed by atoms with Gasteiger partial charge in [-0.25, -0.2) is 0 Å². The van der Waals surface area contributed by atoms with Crippen LogP contribution in [0.4, 0.5) is 0 Å². The van der Waals surface area contributed by atoms with Crippen molar-refractivity contribution in [3.63, 3.8) is 0 Å². The van der Waals surface area contributed by atoms with Gasteiger partial charge in [0.25, 0.3) is 0 Å². The summed E-state index contributed by atoms with van der Waals surface area (Å²) in [6, 6.07) is 10.1. The Labute approximate surface area is 127 Å². The van der Waals surface area contributed by atoms with Gasteiger partial charge in [-0.2, -0.15) is 0 Å². The molecule has 2 saturated carbocycles. The van der Waals surface area contributed by atoms with Crippen molar-refractivity contribution in [2.24, 2.45) is 11.3 Å². The standard InChI is InChI=1S/C20H24O/c1-3-5-10-16(4-2)20(21,17-11-7-6-8-12-17)18-15-19(18)13-9-14-19/h3-8,10-12,18,21H,2,9,13-15H2,1H3/b5-3-,16-10+. The number of hydrogen-bond acceptors (Lipinski definition) is 1. The maximum atomic E-state index is 11.6. The van der Waals surface area contributed by atoms with Crippen molar-refractivity contribution < 1.29 is 5.11 Å². The topological polar surface area (TPSA) is 20.2 Å². The number of aliphatic hydroxyl groups is 1. The smallest absolute Gasteiger partial charge is 0.118 e. The number of rotatable bonds is 5. The minimum absolute atomic E-state index is 0.329. The monoisotopic (exact) mass is 280 g/mol. The molecular weight excluding hydrogens is 256 g/mol. The van der Waals surface area contributed by atoms with Crippen LogP contribution in [0.3, 0.4) is 0 Å². The van der Waals surface area contributed by atoms with Crippen LogP contribution in [0.15, 0.2) is 66.8 Å². The van der Waals surface area contributed by atoms with Gasteiger partial charge in [0.15, 0.2) is 0 Å². The number of allylic oxidation sites excluding steroid dienone is 3. The maximum Gasteiger partial charge on any atom is 0.118 e. The lowest BCUT2D eigenvalue weighted by atomic mass is 9.72. The fourth-order valence-electron chi connectivity index (χ4n) is 3.93. The van der Waals surface area contributed by atoms with Gasteiger partial charge in [0.2, 0.25) is 0 Å². The highest BCUT2D eigenvalue weighted by molar-refractivity contribution is 5.44. The zero-order chi connectivity index (χ0) is 14.9. The number of benzene rings is 1. The zero-order valence-electron chi connectivity index (χ0n) is 12.8. The van der Waals surface area contributed by atoms with E-state index in [-0.39, 0.29) is 0 Å². The second kappa shape index (κ2) is 5.31. The van der Waals surface area contributed by atoms with Gasteiger partial charge in [-0.15, -0.1) is 0 Å². The first-order valence-electron chi connectivity index (χ1n) is 7.91. The minimum Gasteiger partial charge on any atom is -0.380 e. The molecule has 0 radical (unpaired) electrons. The van der Waals surface area contributed by atoms with Crippen LogP contribution in [0.5, 0.6) is 0 Å². The van der Waals surface area contributed by atoms with Crippen molar-refractivity contribution in [2.75, 3.05) is 0 Å². The van der Waals surface area contributed by atoms with Crippen LogP contribution in [-0.2, 0) is 5.60 Å². The summed E-state index contributed by atoms with van der Waals surface area (Å²) in [6.07, 6.45) is 12.8. The van der Waals surface area contributed by atoms with Crippen molar-refractivity contribution in [1.82, 2.24) is 0 Å². The molecule has 2 aliphatic rings. The van der Waals surface area contributed by atoms with Gasteiger partial charge in [-0.1, -0.05) is 67.6 Å². The van der Waals surface area contributed by atoms with Crippen LogP contribution in [0.1, 0.15) is 38.2 Å². The molecule has 2 atom stereocenters. The van der Waals surface area contributed by atoms with Gasteiger partial charge in [-0.3, -0.25) is 0 Å². The van der Waals surface area contributed by atoms with E-state index in [1.165, 1.54) is 19.3 Å². The molecule has 2 unspecified atom stereocenters. The molecule has 1 nitrogen and oxygen atoms in total. The predicted molar refractivity (Wildman–Crippen MR) is 87.8 cm³/mol. The largest absolute Gasteiger partial charge is 0.380 e. The third kappa shape index (κ3) is 2.20. The third-order valence-electron chi connectivity index (χ3n) is 5.39. The molecule has 0 heterocycles. The first-order chi connectivity index (χ1) is 10.2. The molecule has 0 aliphatic heterocycles. The molecule has 2 fully saturated rings. The maximum absolute atomic E-state index is 11.6. The summed E-state index contributed by atoms with van der Waals surface area (Å²) < 4.78 is 0. The summed E-state index contributed by atoms with van der Waals surface area (Å²) in [7, 11) is 0. The van der Waals surface area contributed by atoms with Gasteiger partial charge in [-0.05, 0) is 42.7 Å². The summed E-state index contributed by atoms with van der Waals surface area (Å²) in [4.78, 5) is 0. The van der Waals surface area contributed by atoms with E-state index in [1.54, 1.807) is 0 Å². The van der Waals surface area contributed by atoms with E-state index in [0.29, 0.717) is 11.3 Å². The highest BCUT2D eigenvalue weighted by Gasteiger charge is 2.66. The Morgan fingerprint density at radius 3 is 2.52 bits per heavy atom. The Balaban J connectivity index is 2.04. The van der Waals surface area contributed by atoms with E-state index in [4.69, 9.17) is 0 Å². The van der Waals surface area contributed by atoms with E-state index in [1.807, 2.05) is 61.6 Å². The summed E-state index contributed by atoms with van der Waals surface area (Å²) >= 11 is 0. The van der Waals surface area contributed by atoms with E-state index < -0.39 is 5.60 Å². The van der Waals surface area contributed by atoms with E-state index in [9.17, 15) is 5.11 Å². The molecule has 1 heteroatoms. The molecule has 0 bridgehead atoms. The summed E-state index contributed by atoms with van der Waals surface area (Å²) in [6.45, 7) is 5.93. The molecule has 0 aromatic heterocycles. The highest BCUT2D eigenvalue weighted by atomic mass is 16.3. The van der Waals surface area contributed by atoms with Gasteiger partial charge in [0.1, 0.15) is 5.60 Å². The van der Waals surface area contributed by atoms with Crippen LogP contribution < -0.4 is 0 Å². The molecule has 1 N–H and O–H groups in total. The molecule has 1 aromatic rings. The minimum atomic E-state index is -0.900. The molecule has 110 valence electrons. The lowest BCUT2D eigenvalue weighted by Gasteiger charge is -2.36. The van der Waals surface area contributed by atoms with Gasteiger partial charge in [0, 0.05) is 5.92 Å². The zero-order valence-corrected chi connectivity index (χ0v) is 12.8. The molecular formula is C20H24O. The summed E-state index contributed by atoms with van der Waals surface area (Å²) in [5.74, 6) is 0.329. The van der Waals surface area contributed by atoms with Crippen LogP contribution in [0.2, 0.25) is 0 Å². The lowest BCUT2D eigenvalue weighted by molar-refractivity contribution is 0.0268. The van der Waals surface area contributed by atoms with E-state index in [0.717, 1.165) is 17.6 Å².